The fourth-order valence-corrected chi connectivity index (χ4v) is 21.4. The molecular weight excluding hydrogens is 477 g/mol. The van der Waals surface area contributed by atoms with E-state index in [1.165, 1.54) is 55.4 Å². The number of unbranched alkanes of at least 4 members (excludes halogenated alkanes) is 3. The van der Waals surface area contributed by atoms with Crippen molar-refractivity contribution in [2.45, 2.75) is 72.6 Å². The van der Waals surface area contributed by atoms with Crippen LogP contribution in [0.5, 0.6) is 0 Å². The summed E-state index contributed by atoms with van der Waals surface area (Å²) in [5.41, 5.74) is 9.85. The molecule has 3 aromatic rings. The van der Waals surface area contributed by atoms with Gasteiger partial charge in [0.15, 0.2) is 0 Å². The standard InChI is InChI=1S/C13H8N3O.3C4H9.Sn/c14-13(17)8-4-3-7-11-12(8)16-10-6-2-1-5-9(10)15-11;3*1-3-4-2;/h1-3,5-7H,(H2,14,17);3*1,3-4H2,2H3;. The van der Waals surface area contributed by atoms with Crippen LogP contribution >= 0.6 is 0 Å². The quantitative estimate of drug-likeness (QED) is 0.256. The molecule has 0 aliphatic carbocycles. The van der Waals surface area contributed by atoms with E-state index >= 15 is 0 Å². The van der Waals surface area contributed by atoms with Gasteiger partial charge in [0, 0.05) is 0 Å². The monoisotopic (exact) mass is 513 g/mol. The van der Waals surface area contributed by atoms with Crippen molar-refractivity contribution in [2.24, 2.45) is 5.73 Å². The molecule has 4 nitrogen and oxygen atoms in total. The molecule has 3 rings (SSSR count). The van der Waals surface area contributed by atoms with E-state index in [9.17, 15) is 4.79 Å². The van der Waals surface area contributed by atoms with E-state index < -0.39 is 18.4 Å². The van der Waals surface area contributed by atoms with Crippen LogP contribution in [-0.4, -0.2) is 34.3 Å². The minimum absolute atomic E-state index is 0.342. The van der Waals surface area contributed by atoms with Crippen molar-refractivity contribution in [2.75, 3.05) is 0 Å². The predicted octanol–water partition coefficient (Wildman–Crippen LogP) is 5.94. The normalized spacial score (nSPS) is 12.0. The molecule has 0 atom stereocenters. The van der Waals surface area contributed by atoms with Crippen molar-refractivity contribution in [1.29, 1.82) is 0 Å². The molecule has 2 aromatic carbocycles. The summed E-state index contributed by atoms with van der Waals surface area (Å²) >= 11 is -2.85. The molecular formula is C25H35N3OSn. The summed E-state index contributed by atoms with van der Waals surface area (Å²) in [6, 6.07) is 12.2. The summed E-state index contributed by atoms with van der Waals surface area (Å²) in [7, 11) is 0. The Bertz CT molecular complexity index is 996. The Hall–Kier alpha value is -1.69. The van der Waals surface area contributed by atoms with Gasteiger partial charge in [0.1, 0.15) is 0 Å². The Morgan fingerprint density at radius 2 is 1.33 bits per heavy atom. The number of aromatic nitrogens is 2. The molecule has 0 aliphatic rings. The van der Waals surface area contributed by atoms with Crippen LogP contribution in [0, 0.1) is 0 Å². The zero-order valence-electron chi connectivity index (χ0n) is 18.7. The van der Waals surface area contributed by atoms with Crippen LogP contribution in [0.1, 0.15) is 69.7 Å². The second kappa shape index (κ2) is 10.6. The molecule has 1 heterocycles. The Balaban J connectivity index is 2.28. The average molecular weight is 512 g/mol. The van der Waals surface area contributed by atoms with Gasteiger partial charge in [-0.25, -0.2) is 0 Å². The van der Waals surface area contributed by atoms with Crippen LogP contribution in [0.25, 0.3) is 22.1 Å². The molecule has 0 bridgehead atoms. The first-order valence-electron chi connectivity index (χ1n) is 11.6. The van der Waals surface area contributed by atoms with Gasteiger partial charge in [-0.3, -0.25) is 0 Å². The maximum atomic E-state index is 12.8. The Morgan fingerprint density at radius 3 is 1.83 bits per heavy atom. The Morgan fingerprint density at radius 1 is 0.800 bits per heavy atom. The third-order valence-electron chi connectivity index (χ3n) is 6.36. The molecule has 0 radical (unpaired) electrons. The van der Waals surface area contributed by atoms with Crippen molar-refractivity contribution in [3.05, 3.63) is 42.0 Å². The molecule has 0 aliphatic heterocycles. The third-order valence-corrected chi connectivity index (χ3v) is 22.0. The number of benzene rings is 2. The summed E-state index contributed by atoms with van der Waals surface area (Å²) in [5, 5.41) is 0. The molecule has 5 heteroatoms. The average Bonchev–Trinajstić information content (AvgIpc) is 2.76. The zero-order chi connectivity index (χ0) is 21.6. The van der Waals surface area contributed by atoms with Gasteiger partial charge in [-0.05, 0) is 0 Å². The molecule has 160 valence electrons. The number of nitrogens with zero attached hydrogens (tertiary/aromatic N) is 2. The second-order valence-corrected chi connectivity index (χ2v) is 21.7. The van der Waals surface area contributed by atoms with Gasteiger partial charge in [-0.2, -0.15) is 0 Å². The number of carbonyl (C=O) groups excluding carboxylic acids is 1. The molecule has 0 spiro atoms. The van der Waals surface area contributed by atoms with Gasteiger partial charge >= 0.3 is 185 Å². The van der Waals surface area contributed by atoms with Crippen molar-refractivity contribution in [1.82, 2.24) is 9.97 Å². The molecule has 0 saturated heterocycles. The molecule has 1 aromatic heterocycles. The number of hydrogen-bond acceptors (Lipinski definition) is 3. The van der Waals surface area contributed by atoms with Crippen molar-refractivity contribution < 1.29 is 4.79 Å². The van der Waals surface area contributed by atoms with E-state index in [1.807, 2.05) is 24.3 Å². The molecule has 2 N–H and O–H groups in total. The Kier molecular flexibility index (Phi) is 8.09. The molecule has 30 heavy (non-hydrogen) atoms. The van der Waals surface area contributed by atoms with Gasteiger partial charge in [-0.1, -0.05) is 0 Å². The fourth-order valence-electron chi connectivity index (χ4n) is 4.70. The molecule has 0 fully saturated rings. The summed E-state index contributed by atoms with van der Waals surface area (Å²) in [4.78, 5) is 22.5. The minimum atomic E-state index is -2.85. The first-order chi connectivity index (χ1) is 14.6. The number of fused-ring (bicyclic) bond motifs is 2. The summed E-state index contributed by atoms with van der Waals surface area (Å²) < 4.78 is 5.16. The van der Waals surface area contributed by atoms with Crippen molar-refractivity contribution >= 4 is 49.9 Å². The van der Waals surface area contributed by atoms with Crippen LogP contribution in [-0.2, 0) is 0 Å². The zero-order valence-corrected chi connectivity index (χ0v) is 21.6. The van der Waals surface area contributed by atoms with Crippen LogP contribution in [0.3, 0.4) is 0 Å². The van der Waals surface area contributed by atoms with E-state index in [0.717, 1.165) is 16.6 Å². The maximum absolute atomic E-state index is 12.8. The van der Waals surface area contributed by atoms with E-state index in [1.54, 1.807) is 0 Å². The number of nitrogens with two attached hydrogens (primary N) is 1. The van der Waals surface area contributed by atoms with Gasteiger partial charge in [0.05, 0.1) is 0 Å². The van der Waals surface area contributed by atoms with Crippen LogP contribution in [0.2, 0.25) is 13.3 Å². The first kappa shape index (κ1) is 23.0. The fraction of sp³-hybridized carbons (Fsp3) is 0.480. The first-order valence-corrected chi connectivity index (χ1v) is 19.0. The van der Waals surface area contributed by atoms with E-state index in [2.05, 4.69) is 32.9 Å². The number of carbonyl (C=O) groups is 1. The Labute approximate surface area is 184 Å². The third kappa shape index (κ3) is 4.79. The topological polar surface area (TPSA) is 68.9 Å². The number of hydrogen-bond donors (Lipinski definition) is 1. The molecule has 0 unspecified atom stereocenters. The van der Waals surface area contributed by atoms with E-state index in [4.69, 9.17) is 15.7 Å². The number of para-hydroxylation sites is 2. The van der Waals surface area contributed by atoms with Crippen LogP contribution < -0.4 is 9.31 Å². The van der Waals surface area contributed by atoms with Gasteiger partial charge in [0.2, 0.25) is 0 Å². The SMILES string of the molecule is CCC[CH2][Sn]([CH2]CCC)([CH2]CCC)[c]1ccc2nc3ccccc3nc2c1C(N)=O. The summed E-state index contributed by atoms with van der Waals surface area (Å²) in [6.07, 6.45) is 7.30. The number of primary amides is 1. The predicted molar refractivity (Wildman–Crippen MR) is 130 cm³/mol. The summed E-state index contributed by atoms with van der Waals surface area (Å²) in [5.74, 6) is -0.342. The van der Waals surface area contributed by atoms with Gasteiger partial charge in [0.25, 0.3) is 0 Å². The summed E-state index contributed by atoms with van der Waals surface area (Å²) in [6.45, 7) is 6.80. The molecule has 1 amide bonds. The van der Waals surface area contributed by atoms with Gasteiger partial charge < -0.3 is 0 Å². The molecule has 0 saturated carbocycles. The van der Waals surface area contributed by atoms with E-state index in [0.29, 0.717) is 11.1 Å². The number of amides is 1. The second-order valence-electron chi connectivity index (χ2n) is 8.52. The van der Waals surface area contributed by atoms with Crippen molar-refractivity contribution in [3.63, 3.8) is 0 Å². The van der Waals surface area contributed by atoms with Crippen LogP contribution in [0.4, 0.5) is 0 Å². The number of rotatable bonds is 11. The van der Waals surface area contributed by atoms with Crippen LogP contribution in [0.15, 0.2) is 36.4 Å². The van der Waals surface area contributed by atoms with Gasteiger partial charge in [-0.15, -0.1) is 0 Å². The van der Waals surface area contributed by atoms with E-state index in [-0.39, 0.29) is 5.91 Å². The van der Waals surface area contributed by atoms with Crippen molar-refractivity contribution in [3.8, 4) is 0 Å².